The molecule has 0 aliphatic carbocycles. The van der Waals surface area contributed by atoms with Crippen LogP contribution in [-0.2, 0) is 0 Å². The summed E-state index contributed by atoms with van der Waals surface area (Å²) in [5.41, 5.74) is 6.12. The molecule has 0 aliphatic rings. The molecule has 0 saturated heterocycles. The number of hydrogen-bond donors (Lipinski definition) is 1. The predicted molar refractivity (Wildman–Crippen MR) is 68.5 cm³/mol. The Hall–Kier alpha value is -1.60. The van der Waals surface area contributed by atoms with Crippen molar-refractivity contribution in [2.24, 2.45) is 11.1 Å². The largest absolute Gasteiger partial charge is 0.493 e. The van der Waals surface area contributed by atoms with Gasteiger partial charge >= 0.3 is 0 Å². The molecule has 0 radical (unpaired) electrons. The fraction of sp³-hybridized carbons (Fsp3) is 0.500. The molecule has 0 saturated carbocycles. The van der Waals surface area contributed by atoms with Gasteiger partial charge in [-0.25, -0.2) is 4.39 Å². The van der Waals surface area contributed by atoms with Gasteiger partial charge in [-0.3, -0.25) is 0 Å². The first-order valence-corrected chi connectivity index (χ1v) is 5.95. The molecule has 1 aromatic rings. The molecule has 0 spiro atoms. The monoisotopic (exact) mass is 250 g/mol. The summed E-state index contributed by atoms with van der Waals surface area (Å²) in [4.78, 5) is 0. The predicted octanol–water partition coefficient (Wildman–Crippen LogP) is 3.16. The van der Waals surface area contributed by atoms with E-state index in [0.717, 1.165) is 5.56 Å². The van der Waals surface area contributed by atoms with Crippen LogP contribution in [0, 0.1) is 22.6 Å². The van der Waals surface area contributed by atoms with Gasteiger partial charge < -0.3 is 10.5 Å². The number of ether oxygens (including phenoxy) is 1. The smallest absolute Gasteiger partial charge is 0.126 e. The average Bonchev–Trinajstić information content (AvgIpc) is 2.28. The van der Waals surface area contributed by atoms with E-state index < -0.39 is 5.41 Å². The van der Waals surface area contributed by atoms with E-state index in [1.54, 1.807) is 6.07 Å². The van der Waals surface area contributed by atoms with Crippen molar-refractivity contribution in [1.82, 2.24) is 0 Å². The molecular weight excluding hydrogens is 231 g/mol. The minimum atomic E-state index is -0.443. The van der Waals surface area contributed by atoms with E-state index in [2.05, 4.69) is 6.07 Å². The van der Waals surface area contributed by atoms with E-state index >= 15 is 0 Å². The van der Waals surface area contributed by atoms with Crippen LogP contribution in [0.1, 0.15) is 38.8 Å². The van der Waals surface area contributed by atoms with Crippen LogP contribution >= 0.6 is 0 Å². The molecular formula is C14H19FN2O. The molecule has 1 atom stereocenters. The van der Waals surface area contributed by atoms with Crippen molar-refractivity contribution in [3.8, 4) is 11.8 Å². The summed E-state index contributed by atoms with van der Waals surface area (Å²) in [6, 6.07) is 6.31. The summed E-state index contributed by atoms with van der Waals surface area (Å²) in [6.07, 6.45) is 0.582. The summed E-state index contributed by atoms with van der Waals surface area (Å²) in [5.74, 6) is 0.104. The van der Waals surface area contributed by atoms with Crippen LogP contribution < -0.4 is 10.5 Å². The normalized spacial score (nSPS) is 12.9. The summed E-state index contributed by atoms with van der Waals surface area (Å²) in [6.45, 7) is 5.87. The Morgan fingerprint density at radius 2 is 2.17 bits per heavy atom. The molecule has 4 heteroatoms. The molecule has 0 fully saturated rings. The second-order valence-corrected chi connectivity index (χ2v) is 5.06. The van der Waals surface area contributed by atoms with Crippen LogP contribution in [0.5, 0.6) is 5.75 Å². The molecule has 0 bridgehead atoms. The molecule has 2 N–H and O–H groups in total. The lowest BCUT2D eigenvalue weighted by molar-refractivity contribution is 0.260. The number of halogens is 1. The Kier molecular flexibility index (Phi) is 4.69. The Labute approximate surface area is 107 Å². The summed E-state index contributed by atoms with van der Waals surface area (Å²) in [7, 11) is 0. The standard InChI is InChI=1S/C14H19FN2O/c1-10(17)12-5-4-11(15)8-13(12)18-7-6-14(2,3)9-16/h4-5,8,10H,6-7,17H2,1-3H3/t10-/m1/s1. The van der Waals surface area contributed by atoms with Crippen LogP contribution in [0.15, 0.2) is 18.2 Å². The summed E-state index contributed by atoms with van der Waals surface area (Å²) < 4.78 is 18.7. The van der Waals surface area contributed by atoms with Crippen LogP contribution in [0.4, 0.5) is 4.39 Å². The third-order valence-corrected chi connectivity index (χ3v) is 2.75. The maximum absolute atomic E-state index is 13.2. The Morgan fingerprint density at radius 3 is 2.72 bits per heavy atom. The third-order valence-electron chi connectivity index (χ3n) is 2.75. The fourth-order valence-corrected chi connectivity index (χ4v) is 1.48. The van der Waals surface area contributed by atoms with Gasteiger partial charge in [0.15, 0.2) is 0 Å². The summed E-state index contributed by atoms with van der Waals surface area (Å²) >= 11 is 0. The lowest BCUT2D eigenvalue weighted by Crippen LogP contribution is -2.15. The topological polar surface area (TPSA) is 59.0 Å². The molecule has 98 valence electrons. The Bertz CT molecular complexity index is 450. The number of rotatable bonds is 5. The highest BCUT2D eigenvalue weighted by Gasteiger charge is 2.17. The lowest BCUT2D eigenvalue weighted by atomic mass is 9.92. The summed E-state index contributed by atoms with van der Waals surface area (Å²) in [5, 5.41) is 8.89. The van der Waals surface area contributed by atoms with Crippen molar-refractivity contribution in [3.05, 3.63) is 29.6 Å². The fourth-order valence-electron chi connectivity index (χ4n) is 1.48. The zero-order valence-corrected chi connectivity index (χ0v) is 11.0. The van der Waals surface area contributed by atoms with E-state index in [1.807, 2.05) is 20.8 Å². The van der Waals surface area contributed by atoms with Gasteiger partial charge in [0, 0.05) is 17.7 Å². The minimum Gasteiger partial charge on any atom is -0.493 e. The minimum absolute atomic E-state index is 0.218. The molecule has 1 rings (SSSR count). The van der Waals surface area contributed by atoms with Gasteiger partial charge in [0.1, 0.15) is 11.6 Å². The third kappa shape index (κ3) is 4.01. The van der Waals surface area contributed by atoms with Gasteiger partial charge in [0.2, 0.25) is 0 Å². The van der Waals surface area contributed by atoms with Crippen molar-refractivity contribution >= 4 is 0 Å². The lowest BCUT2D eigenvalue weighted by Gasteiger charge is -2.18. The molecule has 18 heavy (non-hydrogen) atoms. The number of hydrogen-bond acceptors (Lipinski definition) is 3. The highest BCUT2D eigenvalue weighted by atomic mass is 19.1. The maximum atomic E-state index is 13.2. The van der Waals surface area contributed by atoms with E-state index in [-0.39, 0.29) is 11.9 Å². The maximum Gasteiger partial charge on any atom is 0.126 e. The number of nitrogens with two attached hydrogens (primary N) is 1. The second kappa shape index (κ2) is 5.83. The van der Waals surface area contributed by atoms with Gasteiger partial charge in [-0.05, 0) is 33.3 Å². The van der Waals surface area contributed by atoms with Gasteiger partial charge in [-0.1, -0.05) is 6.07 Å². The van der Waals surface area contributed by atoms with Crippen molar-refractivity contribution in [1.29, 1.82) is 5.26 Å². The highest BCUT2D eigenvalue weighted by Crippen LogP contribution is 2.26. The first kappa shape index (κ1) is 14.5. The van der Waals surface area contributed by atoms with Crippen LogP contribution in [0.3, 0.4) is 0 Å². The molecule has 0 heterocycles. The van der Waals surface area contributed by atoms with Gasteiger partial charge in [-0.15, -0.1) is 0 Å². The van der Waals surface area contributed by atoms with E-state index in [4.69, 9.17) is 15.7 Å². The average molecular weight is 250 g/mol. The van der Waals surface area contributed by atoms with Crippen molar-refractivity contribution in [3.63, 3.8) is 0 Å². The van der Waals surface area contributed by atoms with E-state index in [0.29, 0.717) is 18.8 Å². The van der Waals surface area contributed by atoms with Crippen molar-refractivity contribution in [2.45, 2.75) is 33.2 Å². The molecule has 0 aromatic heterocycles. The zero-order valence-electron chi connectivity index (χ0n) is 11.0. The van der Waals surface area contributed by atoms with Crippen molar-refractivity contribution < 1.29 is 9.13 Å². The SMILES string of the molecule is C[C@@H](N)c1ccc(F)cc1OCCC(C)(C)C#N. The molecule has 1 aromatic carbocycles. The number of nitrogens with zero attached hydrogens (tertiary/aromatic N) is 1. The molecule has 3 nitrogen and oxygen atoms in total. The Morgan fingerprint density at radius 1 is 1.50 bits per heavy atom. The molecule has 0 aliphatic heterocycles. The van der Waals surface area contributed by atoms with Crippen LogP contribution in [0.2, 0.25) is 0 Å². The second-order valence-electron chi connectivity index (χ2n) is 5.06. The molecule has 0 amide bonds. The molecule has 0 unspecified atom stereocenters. The Balaban J connectivity index is 2.73. The zero-order chi connectivity index (χ0) is 13.8. The quantitative estimate of drug-likeness (QED) is 0.873. The van der Waals surface area contributed by atoms with Crippen LogP contribution in [0.25, 0.3) is 0 Å². The van der Waals surface area contributed by atoms with Gasteiger partial charge in [-0.2, -0.15) is 5.26 Å². The first-order valence-electron chi connectivity index (χ1n) is 5.95. The first-order chi connectivity index (χ1) is 8.35. The number of benzene rings is 1. The van der Waals surface area contributed by atoms with Crippen molar-refractivity contribution in [2.75, 3.05) is 6.61 Å². The number of nitriles is 1. The van der Waals surface area contributed by atoms with E-state index in [1.165, 1.54) is 12.1 Å². The van der Waals surface area contributed by atoms with Gasteiger partial charge in [0.25, 0.3) is 0 Å². The van der Waals surface area contributed by atoms with Gasteiger partial charge in [0.05, 0.1) is 18.1 Å². The van der Waals surface area contributed by atoms with Crippen LogP contribution in [-0.4, -0.2) is 6.61 Å². The highest BCUT2D eigenvalue weighted by molar-refractivity contribution is 5.36. The van der Waals surface area contributed by atoms with E-state index in [9.17, 15) is 4.39 Å².